The Bertz CT molecular complexity index is 575. The first-order valence-corrected chi connectivity index (χ1v) is 7.18. The van der Waals surface area contributed by atoms with Crippen LogP contribution in [0.15, 0.2) is 34.9 Å². The first-order valence-electron chi connectivity index (χ1n) is 6.39. The predicted molar refractivity (Wildman–Crippen MR) is 80.2 cm³/mol. The number of benzene rings is 1. The standard InChI is InChI=1S/C15H17BrN2O/c1-11(2)7-8-18-9-12(10-19)15(17-18)13-5-3-4-6-14(13)16/h3-6,9-11H,7-8H2,1-2H3. The van der Waals surface area contributed by atoms with Gasteiger partial charge in [0.25, 0.3) is 0 Å². The fourth-order valence-electron chi connectivity index (χ4n) is 1.89. The van der Waals surface area contributed by atoms with Gasteiger partial charge in [-0.3, -0.25) is 9.48 Å². The minimum atomic E-state index is 0.621. The zero-order valence-corrected chi connectivity index (χ0v) is 12.7. The van der Waals surface area contributed by atoms with Gasteiger partial charge in [0.15, 0.2) is 6.29 Å². The number of rotatable bonds is 5. The molecule has 1 heterocycles. The molecule has 1 aromatic heterocycles. The minimum Gasteiger partial charge on any atom is -0.298 e. The third-order valence-electron chi connectivity index (χ3n) is 2.98. The molecule has 0 spiro atoms. The van der Waals surface area contributed by atoms with Gasteiger partial charge in [0, 0.05) is 22.8 Å². The third kappa shape index (κ3) is 3.32. The van der Waals surface area contributed by atoms with Crippen LogP contribution in [0.2, 0.25) is 0 Å². The van der Waals surface area contributed by atoms with E-state index >= 15 is 0 Å². The van der Waals surface area contributed by atoms with Crippen LogP contribution in [0, 0.1) is 5.92 Å². The van der Waals surface area contributed by atoms with Crippen molar-refractivity contribution in [3.8, 4) is 11.3 Å². The molecule has 0 radical (unpaired) electrons. The van der Waals surface area contributed by atoms with Gasteiger partial charge in [-0.05, 0) is 18.4 Å². The van der Waals surface area contributed by atoms with Crippen molar-refractivity contribution in [1.82, 2.24) is 9.78 Å². The summed E-state index contributed by atoms with van der Waals surface area (Å²) in [5.74, 6) is 0.621. The fraction of sp³-hybridized carbons (Fsp3) is 0.333. The number of nitrogens with zero attached hydrogens (tertiary/aromatic N) is 2. The summed E-state index contributed by atoms with van der Waals surface area (Å²) in [5.41, 5.74) is 2.33. The molecule has 0 fully saturated rings. The molecule has 0 aliphatic rings. The first-order chi connectivity index (χ1) is 9.11. The lowest BCUT2D eigenvalue weighted by Crippen LogP contribution is -2.02. The number of hydrogen-bond acceptors (Lipinski definition) is 2. The summed E-state index contributed by atoms with van der Waals surface area (Å²) in [4.78, 5) is 11.2. The van der Waals surface area contributed by atoms with E-state index in [1.807, 2.05) is 35.1 Å². The molecular weight excluding hydrogens is 304 g/mol. The fourth-order valence-corrected chi connectivity index (χ4v) is 2.36. The molecule has 3 nitrogen and oxygen atoms in total. The summed E-state index contributed by atoms with van der Waals surface area (Å²) in [6, 6.07) is 7.81. The number of aryl methyl sites for hydroxylation is 1. The van der Waals surface area contributed by atoms with Gasteiger partial charge in [0.1, 0.15) is 5.69 Å². The van der Waals surface area contributed by atoms with Crippen LogP contribution in [-0.2, 0) is 6.54 Å². The van der Waals surface area contributed by atoms with Crippen molar-refractivity contribution in [3.63, 3.8) is 0 Å². The number of carbonyl (C=O) groups is 1. The summed E-state index contributed by atoms with van der Waals surface area (Å²) in [6.45, 7) is 5.20. The maximum Gasteiger partial charge on any atom is 0.153 e. The highest BCUT2D eigenvalue weighted by Gasteiger charge is 2.13. The van der Waals surface area contributed by atoms with Crippen molar-refractivity contribution >= 4 is 22.2 Å². The zero-order chi connectivity index (χ0) is 13.8. The predicted octanol–water partition coefficient (Wildman–Crippen LogP) is 4.17. The lowest BCUT2D eigenvalue weighted by molar-refractivity contribution is 0.112. The molecule has 100 valence electrons. The Morgan fingerprint density at radius 2 is 2.11 bits per heavy atom. The van der Waals surface area contributed by atoms with Gasteiger partial charge in [0.05, 0.1) is 5.56 Å². The quantitative estimate of drug-likeness (QED) is 0.775. The SMILES string of the molecule is CC(C)CCn1cc(C=O)c(-c2ccccc2Br)n1. The Morgan fingerprint density at radius 1 is 1.37 bits per heavy atom. The Hall–Kier alpha value is -1.42. The maximum atomic E-state index is 11.2. The molecule has 0 amide bonds. The normalized spacial score (nSPS) is 10.9. The highest BCUT2D eigenvalue weighted by atomic mass is 79.9. The molecule has 0 N–H and O–H groups in total. The number of aldehydes is 1. The zero-order valence-electron chi connectivity index (χ0n) is 11.1. The van der Waals surface area contributed by atoms with Gasteiger partial charge in [-0.2, -0.15) is 5.10 Å². The lowest BCUT2D eigenvalue weighted by Gasteiger charge is -2.04. The summed E-state index contributed by atoms with van der Waals surface area (Å²) in [7, 11) is 0. The molecule has 1 aromatic carbocycles. The molecule has 2 aromatic rings. The van der Waals surface area contributed by atoms with E-state index in [2.05, 4.69) is 34.9 Å². The Balaban J connectivity index is 2.35. The molecule has 2 rings (SSSR count). The highest BCUT2D eigenvalue weighted by Crippen LogP contribution is 2.28. The number of carbonyl (C=O) groups excluding carboxylic acids is 1. The largest absolute Gasteiger partial charge is 0.298 e. The first kappa shape index (κ1) is 14.0. The number of halogens is 1. The second kappa shape index (κ2) is 6.15. The molecule has 0 unspecified atom stereocenters. The molecule has 0 saturated heterocycles. The molecular formula is C15H17BrN2O. The van der Waals surface area contributed by atoms with Crippen molar-refractivity contribution in [2.24, 2.45) is 5.92 Å². The van der Waals surface area contributed by atoms with Crippen LogP contribution >= 0.6 is 15.9 Å². The van der Waals surface area contributed by atoms with E-state index in [0.717, 1.165) is 35.0 Å². The van der Waals surface area contributed by atoms with Crippen LogP contribution in [0.5, 0.6) is 0 Å². The molecule has 4 heteroatoms. The molecule has 0 aliphatic heterocycles. The Morgan fingerprint density at radius 3 is 2.74 bits per heavy atom. The van der Waals surface area contributed by atoms with Crippen molar-refractivity contribution < 1.29 is 4.79 Å². The number of aromatic nitrogens is 2. The lowest BCUT2D eigenvalue weighted by atomic mass is 10.1. The number of hydrogen-bond donors (Lipinski definition) is 0. The van der Waals surface area contributed by atoms with Crippen molar-refractivity contribution in [1.29, 1.82) is 0 Å². The van der Waals surface area contributed by atoms with Gasteiger partial charge < -0.3 is 0 Å². The highest BCUT2D eigenvalue weighted by molar-refractivity contribution is 9.10. The van der Waals surface area contributed by atoms with E-state index in [4.69, 9.17) is 0 Å². The molecule has 0 aliphatic carbocycles. The summed E-state index contributed by atoms with van der Waals surface area (Å²) >= 11 is 3.50. The monoisotopic (exact) mass is 320 g/mol. The smallest absolute Gasteiger partial charge is 0.153 e. The van der Waals surface area contributed by atoms with Gasteiger partial charge in [-0.1, -0.05) is 48.0 Å². The van der Waals surface area contributed by atoms with E-state index in [1.54, 1.807) is 0 Å². The molecule has 0 atom stereocenters. The van der Waals surface area contributed by atoms with E-state index in [-0.39, 0.29) is 0 Å². The van der Waals surface area contributed by atoms with Gasteiger partial charge in [-0.15, -0.1) is 0 Å². The van der Waals surface area contributed by atoms with Crippen LogP contribution in [-0.4, -0.2) is 16.1 Å². The van der Waals surface area contributed by atoms with Crippen LogP contribution in [0.4, 0.5) is 0 Å². The summed E-state index contributed by atoms with van der Waals surface area (Å²) in [5, 5.41) is 4.54. The second-order valence-electron chi connectivity index (χ2n) is 4.98. The average Bonchev–Trinajstić information content (AvgIpc) is 2.80. The van der Waals surface area contributed by atoms with E-state index in [9.17, 15) is 4.79 Å². The third-order valence-corrected chi connectivity index (χ3v) is 3.67. The average molecular weight is 321 g/mol. The Kier molecular flexibility index (Phi) is 4.53. The molecule has 0 bridgehead atoms. The van der Waals surface area contributed by atoms with Crippen molar-refractivity contribution in [2.75, 3.05) is 0 Å². The maximum absolute atomic E-state index is 11.2. The van der Waals surface area contributed by atoms with E-state index in [1.165, 1.54) is 0 Å². The molecule has 0 saturated carbocycles. The molecule has 19 heavy (non-hydrogen) atoms. The summed E-state index contributed by atoms with van der Waals surface area (Å²) in [6.07, 6.45) is 3.74. The van der Waals surface area contributed by atoms with Crippen LogP contribution < -0.4 is 0 Å². The van der Waals surface area contributed by atoms with Crippen LogP contribution in [0.1, 0.15) is 30.6 Å². The van der Waals surface area contributed by atoms with Gasteiger partial charge in [-0.25, -0.2) is 0 Å². The van der Waals surface area contributed by atoms with E-state index < -0.39 is 0 Å². The topological polar surface area (TPSA) is 34.9 Å². The van der Waals surface area contributed by atoms with Crippen molar-refractivity contribution in [2.45, 2.75) is 26.8 Å². The van der Waals surface area contributed by atoms with Crippen molar-refractivity contribution in [3.05, 3.63) is 40.5 Å². The van der Waals surface area contributed by atoms with Gasteiger partial charge in [0.2, 0.25) is 0 Å². The van der Waals surface area contributed by atoms with Gasteiger partial charge >= 0.3 is 0 Å². The van der Waals surface area contributed by atoms with Crippen LogP contribution in [0.25, 0.3) is 11.3 Å². The Labute approximate surface area is 121 Å². The van der Waals surface area contributed by atoms with Crippen LogP contribution in [0.3, 0.4) is 0 Å². The summed E-state index contributed by atoms with van der Waals surface area (Å²) < 4.78 is 2.81. The second-order valence-corrected chi connectivity index (χ2v) is 5.83. The van der Waals surface area contributed by atoms with E-state index in [0.29, 0.717) is 11.5 Å². The minimum absolute atomic E-state index is 0.621.